The van der Waals surface area contributed by atoms with Crippen molar-refractivity contribution in [2.75, 3.05) is 0 Å². The van der Waals surface area contributed by atoms with Crippen LogP contribution in [0.1, 0.15) is 35.2 Å². The number of benzene rings is 1. The zero-order chi connectivity index (χ0) is 17.4. The Bertz CT molecular complexity index is 695. The number of nitro groups is 1. The van der Waals surface area contributed by atoms with Crippen LogP contribution in [-0.4, -0.2) is 22.3 Å². The minimum absolute atomic E-state index is 0.0590. The maximum absolute atomic E-state index is 13.1. The van der Waals surface area contributed by atoms with Crippen LogP contribution >= 0.6 is 0 Å². The fraction of sp³-hybridized carbons (Fsp3) is 0.357. The molecule has 0 aliphatic heterocycles. The summed E-state index contributed by atoms with van der Waals surface area (Å²) in [5.74, 6) is -4.47. The van der Waals surface area contributed by atoms with E-state index in [-0.39, 0.29) is 25.3 Å². The molecule has 1 aromatic carbocycles. The molecular weight excluding hydrogens is 319 g/mol. The van der Waals surface area contributed by atoms with Crippen molar-refractivity contribution in [1.29, 1.82) is 0 Å². The Labute approximate surface area is 127 Å². The van der Waals surface area contributed by atoms with Crippen LogP contribution in [0.15, 0.2) is 18.2 Å². The van der Waals surface area contributed by atoms with Gasteiger partial charge in [-0.1, -0.05) is 0 Å². The molecule has 0 heterocycles. The van der Waals surface area contributed by atoms with Crippen LogP contribution in [0.3, 0.4) is 0 Å². The molecule has 6 nitrogen and oxygen atoms in total. The quantitative estimate of drug-likeness (QED) is 0.368. The Morgan fingerprint density at radius 1 is 1.17 bits per heavy atom. The minimum Gasteiger partial charge on any atom is -0.298 e. The van der Waals surface area contributed by atoms with E-state index >= 15 is 0 Å². The third kappa shape index (κ3) is 3.27. The number of carbonyl (C=O) groups excluding carboxylic acids is 3. The van der Waals surface area contributed by atoms with Crippen molar-refractivity contribution in [2.45, 2.75) is 25.4 Å². The smallest absolute Gasteiger partial charge is 0.298 e. The summed E-state index contributed by atoms with van der Waals surface area (Å²) in [6.45, 7) is 0. The molecule has 0 bridgehead atoms. The Hall–Kier alpha value is -2.58. The number of nitrogens with zero attached hydrogens (tertiary/aromatic N) is 1. The molecule has 0 amide bonds. The predicted octanol–water partition coefficient (Wildman–Crippen LogP) is 2.73. The molecule has 0 atom stereocenters. The topological polar surface area (TPSA) is 94.3 Å². The number of rotatable bonds is 3. The fourth-order valence-electron chi connectivity index (χ4n) is 2.45. The molecule has 2 rings (SSSR count). The van der Waals surface area contributed by atoms with Crippen molar-refractivity contribution >= 4 is 23.0 Å². The Morgan fingerprint density at radius 3 is 2.22 bits per heavy atom. The van der Waals surface area contributed by atoms with Crippen LogP contribution in [0.5, 0.6) is 0 Å². The first-order valence-corrected chi connectivity index (χ1v) is 6.58. The molecule has 9 heteroatoms. The predicted molar refractivity (Wildman–Crippen MR) is 69.8 cm³/mol. The van der Waals surface area contributed by atoms with Gasteiger partial charge in [0.05, 0.1) is 10.5 Å². The molecule has 0 radical (unpaired) electrons. The Morgan fingerprint density at radius 2 is 1.74 bits per heavy atom. The summed E-state index contributed by atoms with van der Waals surface area (Å²) >= 11 is 0. The summed E-state index contributed by atoms with van der Waals surface area (Å²) in [5.41, 5.74) is -3.27. The van der Waals surface area contributed by atoms with Gasteiger partial charge in [0.25, 0.3) is 5.69 Å². The van der Waals surface area contributed by atoms with Crippen LogP contribution in [-0.2, 0) is 15.8 Å². The fourth-order valence-corrected chi connectivity index (χ4v) is 2.45. The lowest BCUT2D eigenvalue weighted by molar-refractivity contribution is -0.385. The normalized spacial score (nSPS) is 16.5. The number of nitro benzene ring substituents is 1. The molecule has 1 aromatic rings. The van der Waals surface area contributed by atoms with E-state index in [2.05, 4.69) is 0 Å². The molecule has 1 aliphatic rings. The summed E-state index contributed by atoms with van der Waals surface area (Å²) in [4.78, 5) is 45.3. The zero-order valence-corrected chi connectivity index (χ0v) is 11.6. The number of alkyl halides is 3. The highest BCUT2D eigenvalue weighted by molar-refractivity contribution is 6.25. The monoisotopic (exact) mass is 329 g/mol. The van der Waals surface area contributed by atoms with Gasteiger partial charge in [0.2, 0.25) is 0 Å². The highest BCUT2D eigenvalue weighted by atomic mass is 19.4. The number of carbonyl (C=O) groups is 3. The molecule has 0 unspecified atom stereocenters. The number of Topliss-reactive ketones (excluding diaryl/α,β-unsaturated/α-hetero) is 3. The van der Waals surface area contributed by atoms with Gasteiger partial charge in [-0.3, -0.25) is 24.5 Å². The van der Waals surface area contributed by atoms with Gasteiger partial charge in [-0.15, -0.1) is 0 Å². The van der Waals surface area contributed by atoms with E-state index in [1.165, 1.54) is 0 Å². The first-order valence-electron chi connectivity index (χ1n) is 6.58. The summed E-state index contributed by atoms with van der Waals surface area (Å²) in [6.07, 6.45) is -4.89. The first kappa shape index (κ1) is 16.8. The third-order valence-corrected chi connectivity index (χ3v) is 3.54. The molecule has 1 aliphatic carbocycles. The molecule has 23 heavy (non-hydrogen) atoms. The summed E-state index contributed by atoms with van der Waals surface area (Å²) < 4.78 is 39.2. The molecule has 0 aromatic heterocycles. The molecule has 1 saturated carbocycles. The van der Waals surface area contributed by atoms with Crippen LogP contribution in [0, 0.1) is 16.0 Å². The van der Waals surface area contributed by atoms with Gasteiger partial charge in [0, 0.05) is 30.5 Å². The van der Waals surface area contributed by atoms with Crippen LogP contribution < -0.4 is 0 Å². The summed E-state index contributed by atoms with van der Waals surface area (Å²) in [7, 11) is 0. The van der Waals surface area contributed by atoms with E-state index in [4.69, 9.17) is 0 Å². The SMILES string of the molecule is O=C1CCCC(=O)C1C(=O)c1ccc([N+](=O)[O-])cc1C(F)(F)F. The molecule has 0 N–H and O–H groups in total. The second-order valence-electron chi connectivity index (χ2n) is 5.07. The van der Waals surface area contributed by atoms with E-state index in [0.29, 0.717) is 6.07 Å². The largest absolute Gasteiger partial charge is 0.417 e. The standard InChI is InChI=1S/C14H10F3NO5/c15-14(16,17)9-6-7(18(22)23)4-5-8(9)13(21)12-10(19)2-1-3-11(12)20/h4-6,12H,1-3H2. The lowest BCUT2D eigenvalue weighted by Crippen LogP contribution is -2.36. The van der Waals surface area contributed by atoms with Gasteiger partial charge in [-0.2, -0.15) is 13.2 Å². The van der Waals surface area contributed by atoms with Gasteiger partial charge >= 0.3 is 6.18 Å². The number of halogens is 3. The van der Waals surface area contributed by atoms with Crippen LogP contribution in [0.4, 0.5) is 18.9 Å². The maximum atomic E-state index is 13.1. The van der Waals surface area contributed by atoms with Crippen molar-refractivity contribution in [3.8, 4) is 0 Å². The lowest BCUT2D eigenvalue weighted by Gasteiger charge is -2.20. The van der Waals surface area contributed by atoms with Gasteiger partial charge < -0.3 is 0 Å². The van der Waals surface area contributed by atoms with Crippen LogP contribution in [0.2, 0.25) is 0 Å². The molecule has 122 valence electrons. The average Bonchev–Trinajstić information content (AvgIpc) is 2.45. The van der Waals surface area contributed by atoms with Crippen molar-refractivity contribution in [1.82, 2.24) is 0 Å². The van der Waals surface area contributed by atoms with Crippen LogP contribution in [0.25, 0.3) is 0 Å². The summed E-state index contributed by atoms with van der Waals surface area (Å²) in [6, 6.07) is 1.60. The van der Waals surface area contributed by atoms with E-state index in [1.807, 2.05) is 0 Å². The third-order valence-electron chi connectivity index (χ3n) is 3.54. The van der Waals surface area contributed by atoms with E-state index in [9.17, 15) is 37.7 Å². The number of ketones is 3. The number of hydrogen-bond donors (Lipinski definition) is 0. The van der Waals surface area contributed by atoms with Gasteiger partial charge in [-0.05, 0) is 12.5 Å². The van der Waals surface area contributed by atoms with Gasteiger partial charge in [-0.25, -0.2) is 0 Å². The minimum atomic E-state index is -5.03. The maximum Gasteiger partial charge on any atom is 0.417 e. The van der Waals surface area contributed by atoms with Gasteiger partial charge in [0.1, 0.15) is 5.92 Å². The lowest BCUT2D eigenvalue weighted by atomic mass is 9.80. The molecule has 1 fully saturated rings. The highest BCUT2D eigenvalue weighted by Gasteiger charge is 2.42. The number of non-ortho nitro benzene ring substituents is 1. The van der Waals surface area contributed by atoms with E-state index in [0.717, 1.165) is 6.07 Å². The van der Waals surface area contributed by atoms with E-state index in [1.54, 1.807) is 0 Å². The van der Waals surface area contributed by atoms with Crippen molar-refractivity contribution in [2.24, 2.45) is 5.92 Å². The first-order chi connectivity index (χ1) is 10.6. The molecule has 0 saturated heterocycles. The Balaban J connectivity index is 2.53. The summed E-state index contributed by atoms with van der Waals surface area (Å²) in [5, 5.41) is 10.6. The zero-order valence-electron chi connectivity index (χ0n) is 11.6. The molecular formula is C14H10F3NO5. The van der Waals surface area contributed by atoms with Crippen molar-refractivity contribution in [3.63, 3.8) is 0 Å². The Kier molecular flexibility index (Phi) is 4.31. The average molecular weight is 329 g/mol. The van der Waals surface area contributed by atoms with E-state index < -0.39 is 51.2 Å². The second kappa shape index (κ2) is 5.90. The van der Waals surface area contributed by atoms with Crippen molar-refractivity contribution in [3.05, 3.63) is 39.4 Å². The molecule has 0 spiro atoms. The highest BCUT2D eigenvalue weighted by Crippen LogP contribution is 2.36. The number of hydrogen-bond acceptors (Lipinski definition) is 5. The van der Waals surface area contributed by atoms with Crippen molar-refractivity contribution < 1.29 is 32.5 Å². The van der Waals surface area contributed by atoms with Gasteiger partial charge in [0.15, 0.2) is 17.3 Å². The second-order valence-corrected chi connectivity index (χ2v) is 5.07.